The maximum absolute atomic E-state index is 9.90. The number of hydrogen-bond donors (Lipinski definition) is 3. The van der Waals surface area contributed by atoms with Crippen molar-refractivity contribution in [1.29, 1.82) is 0 Å². The van der Waals surface area contributed by atoms with E-state index in [4.69, 9.17) is 0 Å². The Balaban J connectivity index is 1.88. The summed E-state index contributed by atoms with van der Waals surface area (Å²) in [6.45, 7) is 3.15. The van der Waals surface area contributed by atoms with Crippen molar-refractivity contribution in [3.63, 3.8) is 0 Å². The van der Waals surface area contributed by atoms with Crippen LogP contribution in [-0.2, 0) is 19.4 Å². The van der Waals surface area contributed by atoms with E-state index in [0.29, 0.717) is 12.0 Å². The minimum absolute atomic E-state index is 0.00313. The second-order valence-electron chi connectivity index (χ2n) is 6.00. The summed E-state index contributed by atoms with van der Waals surface area (Å²) in [5, 5.41) is 23.3. The summed E-state index contributed by atoms with van der Waals surface area (Å²) in [5.74, 6) is 0.305. The maximum Gasteiger partial charge on any atom is 0.157 e. The fraction of sp³-hybridized carbons (Fsp3) is 0.412. The Morgan fingerprint density at radius 1 is 1.19 bits per heavy atom. The highest BCUT2D eigenvalue weighted by molar-refractivity contribution is 7.12. The first-order chi connectivity index (χ1) is 10.2. The summed E-state index contributed by atoms with van der Waals surface area (Å²) in [5.41, 5.74) is 3.76. The number of nitrogens with one attached hydrogen (secondary N) is 1. The molecule has 2 atom stereocenters. The molecule has 0 bridgehead atoms. The molecule has 1 aromatic carbocycles. The highest BCUT2D eigenvalue weighted by Gasteiger charge is 2.36. The quantitative estimate of drug-likeness (QED) is 0.709. The molecule has 4 rings (SSSR count). The highest BCUT2D eigenvalue weighted by atomic mass is 32.1. The van der Waals surface area contributed by atoms with Crippen molar-refractivity contribution in [1.82, 2.24) is 5.32 Å². The van der Waals surface area contributed by atoms with Crippen molar-refractivity contribution in [3.05, 3.63) is 44.6 Å². The van der Waals surface area contributed by atoms with Gasteiger partial charge in [0.05, 0.1) is 0 Å². The average Bonchev–Trinajstić information content (AvgIpc) is 2.91. The third-order valence-electron chi connectivity index (χ3n) is 4.78. The summed E-state index contributed by atoms with van der Waals surface area (Å²) in [6.07, 6.45) is 3.11. The Hall–Kier alpha value is -1.52. The van der Waals surface area contributed by atoms with Crippen molar-refractivity contribution < 1.29 is 10.2 Å². The van der Waals surface area contributed by atoms with Crippen LogP contribution >= 0.6 is 11.3 Å². The molecule has 3 nitrogen and oxygen atoms in total. The molecule has 4 heteroatoms. The predicted molar refractivity (Wildman–Crippen MR) is 84.3 cm³/mol. The molecule has 2 heterocycles. The molecule has 0 saturated heterocycles. The smallest absolute Gasteiger partial charge is 0.157 e. The Morgan fingerprint density at radius 2 is 2.00 bits per heavy atom. The predicted octanol–water partition coefficient (Wildman–Crippen LogP) is 3.27. The van der Waals surface area contributed by atoms with Crippen molar-refractivity contribution in [2.75, 3.05) is 0 Å². The van der Waals surface area contributed by atoms with E-state index >= 15 is 0 Å². The molecule has 0 unspecified atom stereocenters. The van der Waals surface area contributed by atoms with Crippen LogP contribution in [0.25, 0.3) is 0 Å². The lowest BCUT2D eigenvalue weighted by Crippen LogP contribution is -2.41. The molecule has 0 saturated carbocycles. The van der Waals surface area contributed by atoms with Crippen LogP contribution in [0.3, 0.4) is 0 Å². The van der Waals surface area contributed by atoms with Gasteiger partial charge >= 0.3 is 0 Å². The number of aromatic hydroxyl groups is 2. The Labute approximate surface area is 128 Å². The third kappa shape index (κ3) is 1.97. The molecular weight excluding hydrogens is 282 g/mol. The molecule has 110 valence electrons. The zero-order valence-corrected chi connectivity index (χ0v) is 12.8. The summed E-state index contributed by atoms with van der Waals surface area (Å²) in [7, 11) is 0. The third-order valence-corrected chi connectivity index (χ3v) is 6.18. The molecule has 0 spiro atoms. The molecule has 0 amide bonds. The fourth-order valence-corrected chi connectivity index (χ4v) is 5.01. The zero-order valence-electron chi connectivity index (χ0n) is 12.0. The van der Waals surface area contributed by atoms with Crippen molar-refractivity contribution >= 4 is 11.3 Å². The molecular formula is C17H19NO2S. The first-order valence-corrected chi connectivity index (χ1v) is 8.38. The van der Waals surface area contributed by atoms with E-state index in [1.807, 2.05) is 11.3 Å². The first kappa shape index (κ1) is 13.2. The zero-order chi connectivity index (χ0) is 14.6. The van der Waals surface area contributed by atoms with Gasteiger partial charge in [-0.2, -0.15) is 0 Å². The molecule has 21 heavy (non-hydrogen) atoms. The number of benzene rings is 1. The van der Waals surface area contributed by atoms with E-state index in [2.05, 4.69) is 18.3 Å². The van der Waals surface area contributed by atoms with Gasteiger partial charge in [0.2, 0.25) is 0 Å². The van der Waals surface area contributed by atoms with Gasteiger partial charge in [0.25, 0.3) is 0 Å². The molecule has 2 aromatic rings. The topological polar surface area (TPSA) is 52.5 Å². The van der Waals surface area contributed by atoms with Crippen LogP contribution in [0, 0.1) is 0 Å². The number of hydrogen-bond acceptors (Lipinski definition) is 4. The van der Waals surface area contributed by atoms with Gasteiger partial charge in [-0.1, -0.05) is 6.92 Å². The van der Waals surface area contributed by atoms with Crippen molar-refractivity contribution in [2.24, 2.45) is 0 Å². The van der Waals surface area contributed by atoms with E-state index in [1.165, 1.54) is 26.4 Å². The fourth-order valence-electron chi connectivity index (χ4n) is 3.70. The van der Waals surface area contributed by atoms with Gasteiger partial charge in [-0.25, -0.2) is 0 Å². The molecule has 2 aliphatic rings. The molecule has 1 aliphatic heterocycles. The Kier molecular flexibility index (Phi) is 2.98. The lowest BCUT2D eigenvalue weighted by Gasteiger charge is -2.38. The Morgan fingerprint density at radius 3 is 2.81 bits per heavy atom. The number of phenolic OH excluding ortho intramolecular Hbond substituents is 2. The van der Waals surface area contributed by atoms with Gasteiger partial charge in [0.1, 0.15) is 0 Å². The van der Waals surface area contributed by atoms with Gasteiger partial charge in [0.15, 0.2) is 11.5 Å². The number of fused-ring (bicyclic) bond motifs is 5. The second-order valence-corrected chi connectivity index (χ2v) is 7.17. The second kappa shape index (κ2) is 4.75. The van der Waals surface area contributed by atoms with E-state index in [1.54, 1.807) is 12.1 Å². The van der Waals surface area contributed by atoms with Crippen LogP contribution in [0.1, 0.15) is 45.7 Å². The van der Waals surface area contributed by atoms with Crippen LogP contribution in [0.5, 0.6) is 11.5 Å². The summed E-state index contributed by atoms with van der Waals surface area (Å²) < 4.78 is 0. The molecule has 3 N–H and O–H groups in total. The van der Waals surface area contributed by atoms with Crippen molar-refractivity contribution in [2.45, 2.75) is 44.7 Å². The highest BCUT2D eigenvalue weighted by Crippen LogP contribution is 2.46. The van der Waals surface area contributed by atoms with Gasteiger partial charge < -0.3 is 15.5 Å². The molecule has 1 aliphatic carbocycles. The van der Waals surface area contributed by atoms with Crippen LogP contribution in [0.15, 0.2) is 18.2 Å². The summed E-state index contributed by atoms with van der Waals surface area (Å²) >= 11 is 1.91. The SMILES string of the molecule is CCc1cc2c(s1)[C@@H]1c3cc(O)c(O)cc3CC[C@H]1NC2. The Bertz CT molecular complexity index is 707. The largest absolute Gasteiger partial charge is 0.504 e. The van der Waals surface area contributed by atoms with Crippen LogP contribution in [0.4, 0.5) is 0 Å². The summed E-state index contributed by atoms with van der Waals surface area (Å²) in [4.78, 5) is 2.87. The maximum atomic E-state index is 9.90. The van der Waals surface area contributed by atoms with E-state index < -0.39 is 0 Å². The normalized spacial score (nSPS) is 23.3. The van der Waals surface area contributed by atoms with Crippen LogP contribution in [0.2, 0.25) is 0 Å². The number of rotatable bonds is 1. The number of phenols is 2. The monoisotopic (exact) mass is 301 g/mol. The van der Waals surface area contributed by atoms with E-state index in [0.717, 1.165) is 25.8 Å². The lowest BCUT2D eigenvalue weighted by molar-refractivity contribution is 0.383. The van der Waals surface area contributed by atoms with E-state index in [-0.39, 0.29) is 11.5 Å². The number of aryl methyl sites for hydroxylation is 2. The van der Waals surface area contributed by atoms with Crippen LogP contribution < -0.4 is 5.32 Å². The minimum Gasteiger partial charge on any atom is -0.504 e. The van der Waals surface area contributed by atoms with E-state index in [9.17, 15) is 10.2 Å². The number of thiophene rings is 1. The van der Waals surface area contributed by atoms with Gasteiger partial charge in [0, 0.05) is 28.3 Å². The minimum atomic E-state index is -0.00575. The first-order valence-electron chi connectivity index (χ1n) is 7.57. The van der Waals surface area contributed by atoms with Gasteiger partial charge in [-0.15, -0.1) is 11.3 Å². The lowest BCUT2D eigenvalue weighted by atomic mass is 9.75. The molecule has 0 radical (unpaired) electrons. The average molecular weight is 301 g/mol. The van der Waals surface area contributed by atoms with Crippen molar-refractivity contribution in [3.8, 4) is 11.5 Å². The van der Waals surface area contributed by atoms with Gasteiger partial charge in [-0.3, -0.25) is 0 Å². The molecule has 0 fully saturated rings. The summed E-state index contributed by atoms with van der Waals surface area (Å²) in [6, 6.07) is 6.27. The van der Waals surface area contributed by atoms with Gasteiger partial charge in [-0.05, 0) is 54.2 Å². The standard InChI is InChI=1S/C17H19NO2S/c1-2-11-5-10-8-18-13-4-3-9-6-14(19)15(20)7-12(9)16(13)17(10)21-11/h5-7,13,16,18-20H,2-4,8H2,1H3/t13-,16-/m1/s1. The van der Waals surface area contributed by atoms with Crippen LogP contribution in [-0.4, -0.2) is 16.3 Å². The molecule has 1 aromatic heterocycles.